The van der Waals surface area contributed by atoms with Crippen LogP contribution >= 0.6 is 0 Å². The molecule has 0 spiro atoms. The molecular formula is C31H30F5N7O3. The summed E-state index contributed by atoms with van der Waals surface area (Å²) in [5.74, 6) is -2.61. The zero-order valence-corrected chi connectivity index (χ0v) is 25.5. The fourth-order valence-electron chi connectivity index (χ4n) is 5.94. The number of benzene rings is 1. The van der Waals surface area contributed by atoms with Gasteiger partial charge in [-0.2, -0.15) is 18.3 Å². The lowest BCUT2D eigenvalue weighted by Crippen LogP contribution is -2.57. The molecule has 46 heavy (non-hydrogen) atoms. The molecule has 2 saturated heterocycles. The highest BCUT2D eigenvalue weighted by atomic mass is 19.4. The lowest BCUT2D eigenvalue weighted by atomic mass is 9.97. The number of pyridine rings is 1. The number of hydrogen-bond donors (Lipinski definition) is 1. The topological polar surface area (TPSA) is 109 Å². The lowest BCUT2D eigenvalue weighted by molar-refractivity contribution is -0.137. The first-order valence-electron chi connectivity index (χ1n) is 14.4. The summed E-state index contributed by atoms with van der Waals surface area (Å²) in [4.78, 5) is 29.4. The van der Waals surface area contributed by atoms with Gasteiger partial charge in [-0.15, -0.1) is 0 Å². The second-order valence-corrected chi connectivity index (χ2v) is 11.6. The molecule has 1 amide bonds. The quantitative estimate of drug-likeness (QED) is 0.230. The summed E-state index contributed by atoms with van der Waals surface area (Å²) in [7, 11) is 1.44. The maximum absolute atomic E-state index is 13.8. The summed E-state index contributed by atoms with van der Waals surface area (Å²) in [6.07, 6.45) is -3.25. The number of carbonyl (C=O) groups is 1. The summed E-state index contributed by atoms with van der Waals surface area (Å²) in [5, 5.41) is 7.20. The number of alkyl halides is 5. The molecule has 10 nitrogen and oxygen atoms in total. The van der Waals surface area contributed by atoms with Gasteiger partial charge in [0.2, 0.25) is 11.8 Å². The maximum atomic E-state index is 13.8. The number of cyclic esters (lactones) is 1. The Kier molecular flexibility index (Phi) is 7.60. The van der Waals surface area contributed by atoms with Gasteiger partial charge in [0.1, 0.15) is 6.10 Å². The third kappa shape index (κ3) is 5.69. The van der Waals surface area contributed by atoms with Crippen LogP contribution < -0.4 is 9.64 Å². The second-order valence-electron chi connectivity index (χ2n) is 11.6. The minimum Gasteiger partial charge on any atom is -0.481 e. The SMILES string of the molecule is COc1ncc(-c2c(C)n[nH]c2C)cc1-c1cnc(N2CC(F)(F)C2)nc1CN1C(=O)O[C@H](c2cc(C)cc(C(F)(F)F)c2)[C@@H]1C. The maximum Gasteiger partial charge on any atom is 0.416 e. The molecule has 6 rings (SSSR count). The van der Waals surface area contributed by atoms with E-state index in [4.69, 9.17) is 9.47 Å². The van der Waals surface area contributed by atoms with Crippen LogP contribution in [0.1, 0.15) is 46.8 Å². The monoisotopic (exact) mass is 643 g/mol. The molecule has 3 aromatic heterocycles. The number of H-pyrrole nitrogens is 1. The first-order valence-corrected chi connectivity index (χ1v) is 14.4. The van der Waals surface area contributed by atoms with Crippen LogP contribution in [0.25, 0.3) is 22.3 Å². The van der Waals surface area contributed by atoms with Gasteiger partial charge in [-0.05, 0) is 51.5 Å². The van der Waals surface area contributed by atoms with E-state index < -0.39 is 49.0 Å². The van der Waals surface area contributed by atoms with Gasteiger partial charge in [0.05, 0.1) is 49.7 Å². The van der Waals surface area contributed by atoms with E-state index in [1.165, 1.54) is 30.0 Å². The van der Waals surface area contributed by atoms with E-state index >= 15 is 0 Å². The Morgan fingerprint density at radius 3 is 2.43 bits per heavy atom. The standard InChI is InChI=1S/C31H30F5N7O3/c1-15-6-19(8-21(7-15)31(34,35)36)26-18(4)43(29(44)46-26)12-24-23(11-38-28(39-24)42-13-30(32,33)14-42)22-9-20(10-37-27(22)45-5)25-16(2)40-41-17(25)3/h6-11,18,26H,12-14H2,1-5H3,(H,40,41)/t18-,26-/m0/s1. The van der Waals surface area contributed by atoms with Gasteiger partial charge >= 0.3 is 12.3 Å². The fraction of sp³-hybridized carbons (Fsp3) is 0.387. The van der Waals surface area contributed by atoms with Crippen LogP contribution in [0.5, 0.6) is 5.88 Å². The average Bonchev–Trinajstić information content (AvgIpc) is 3.46. The number of hydrogen-bond acceptors (Lipinski definition) is 8. The van der Waals surface area contributed by atoms with Gasteiger partial charge in [0.15, 0.2) is 0 Å². The van der Waals surface area contributed by atoms with Crippen LogP contribution in [0.2, 0.25) is 0 Å². The third-order valence-corrected chi connectivity index (χ3v) is 8.20. The highest BCUT2D eigenvalue weighted by Gasteiger charge is 2.46. The van der Waals surface area contributed by atoms with Crippen LogP contribution in [-0.2, 0) is 17.5 Å². The van der Waals surface area contributed by atoms with Crippen LogP contribution in [-0.4, -0.2) is 68.3 Å². The second kappa shape index (κ2) is 11.2. The van der Waals surface area contributed by atoms with Crippen LogP contribution in [0.4, 0.5) is 32.7 Å². The molecule has 2 atom stereocenters. The molecular weight excluding hydrogens is 613 g/mol. The number of methoxy groups -OCH3 is 1. The van der Waals surface area contributed by atoms with Crippen molar-refractivity contribution in [2.45, 2.75) is 58.5 Å². The van der Waals surface area contributed by atoms with E-state index in [1.54, 1.807) is 19.2 Å². The normalized spacial score (nSPS) is 19.3. The lowest BCUT2D eigenvalue weighted by Gasteiger charge is -2.38. The van der Waals surface area contributed by atoms with Crippen LogP contribution in [0.15, 0.2) is 36.7 Å². The van der Waals surface area contributed by atoms with E-state index in [-0.39, 0.29) is 29.6 Å². The summed E-state index contributed by atoms with van der Waals surface area (Å²) in [6, 6.07) is 4.66. The van der Waals surface area contributed by atoms with E-state index in [0.717, 1.165) is 29.1 Å². The molecule has 2 fully saturated rings. The van der Waals surface area contributed by atoms with Gasteiger partial charge < -0.3 is 14.4 Å². The summed E-state index contributed by atoms with van der Waals surface area (Å²) in [5.41, 5.74) is 3.98. The molecule has 0 radical (unpaired) electrons. The number of nitrogens with zero attached hydrogens (tertiary/aromatic N) is 6. The van der Waals surface area contributed by atoms with Crippen molar-refractivity contribution in [3.63, 3.8) is 0 Å². The number of amides is 1. The molecule has 5 heterocycles. The summed E-state index contributed by atoms with van der Waals surface area (Å²) in [6.45, 7) is 5.62. The molecule has 0 saturated carbocycles. The Morgan fingerprint density at radius 1 is 1.07 bits per heavy atom. The van der Waals surface area contributed by atoms with E-state index in [0.29, 0.717) is 22.3 Å². The molecule has 0 bridgehead atoms. The van der Waals surface area contributed by atoms with E-state index in [1.807, 2.05) is 19.9 Å². The predicted molar refractivity (Wildman–Crippen MR) is 156 cm³/mol. The molecule has 2 aliphatic rings. The van der Waals surface area contributed by atoms with E-state index in [2.05, 4.69) is 25.1 Å². The number of aromatic amines is 1. The number of aryl methyl sites for hydroxylation is 3. The summed E-state index contributed by atoms with van der Waals surface area (Å²) < 4.78 is 79.4. The van der Waals surface area contributed by atoms with Crippen molar-refractivity contribution in [2.24, 2.45) is 0 Å². The fourth-order valence-corrected chi connectivity index (χ4v) is 5.94. The molecule has 1 N–H and O–H groups in total. The van der Waals surface area contributed by atoms with Gasteiger partial charge in [-0.1, -0.05) is 11.6 Å². The predicted octanol–water partition coefficient (Wildman–Crippen LogP) is 6.42. The first kappa shape index (κ1) is 31.2. The summed E-state index contributed by atoms with van der Waals surface area (Å²) >= 11 is 0. The molecule has 2 aliphatic heterocycles. The smallest absolute Gasteiger partial charge is 0.416 e. The van der Waals surface area contributed by atoms with Gasteiger partial charge in [0, 0.05) is 40.3 Å². The van der Waals surface area contributed by atoms with E-state index in [9.17, 15) is 26.7 Å². The van der Waals surface area contributed by atoms with Crippen LogP contribution in [0.3, 0.4) is 0 Å². The highest BCUT2D eigenvalue weighted by molar-refractivity contribution is 5.79. The average molecular weight is 644 g/mol. The molecule has 1 aromatic carbocycles. The van der Waals surface area contributed by atoms with Crippen molar-refractivity contribution in [2.75, 3.05) is 25.1 Å². The number of aromatic nitrogens is 5. The van der Waals surface area contributed by atoms with Crippen molar-refractivity contribution in [1.29, 1.82) is 0 Å². The van der Waals surface area contributed by atoms with Crippen molar-refractivity contribution >= 4 is 12.0 Å². The highest BCUT2D eigenvalue weighted by Crippen LogP contribution is 2.40. The van der Waals surface area contributed by atoms with Crippen molar-refractivity contribution in [3.05, 3.63) is 70.4 Å². The van der Waals surface area contributed by atoms with Crippen molar-refractivity contribution in [3.8, 4) is 28.1 Å². The number of anilines is 1. The molecule has 242 valence electrons. The largest absolute Gasteiger partial charge is 0.481 e. The van der Waals surface area contributed by atoms with Gasteiger partial charge in [0.25, 0.3) is 5.92 Å². The van der Waals surface area contributed by atoms with Crippen molar-refractivity contribution < 1.29 is 36.2 Å². The Morgan fingerprint density at radius 2 is 1.80 bits per heavy atom. The first-order chi connectivity index (χ1) is 21.6. The Labute approximate surface area is 260 Å². The van der Waals surface area contributed by atoms with Gasteiger partial charge in [-0.25, -0.2) is 28.5 Å². The third-order valence-electron chi connectivity index (χ3n) is 8.20. The minimum atomic E-state index is -4.58. The number of ether oxygens (including phenoxy) is 2. The molecule has 0 aliphatic carbocycles. The number of rotatable bonds is 7. The minimum absolute atomic E-state index is 0.0412. The Hall–Kier alpha value is -4.82. The van der Waals surface area contributed by atoms with Gasteiger partial charge in [-0.3, -0.25) is 10.00 Å². The van der Waals surface area contributed by atoms with Crippen LogP contribution in [0, 0.1) is 20.8 Å². The molecule has 4 aromatic rings. The Bertz CT molecular complexity index is 1800. The molecule has 0 unspecified atom stereocenters. The molecule has 15 heteroatoms. The van der Waals surface area contributed by atoms with Crippen molar-refractivity contribution in [1.82, 2.24) is 30.0 Å². The zero-order chi connectivity index (χ0) is 33.1. The zero-order valence-electron chi connectivity index (χ0n) is 25.5. The number of halogens is 5. The number of nitrogens with one attached hydrogen (secondary N) is 1. The Balaban J connectivity index is 1.41. The number of carbonyl (C=O) groups excluding carboxylic acids is 1.